The fourth-order valence-corrected chi connectivity index (χ4v) is 2.06. The van der Waals surface area contributed by atoms with E-state index in [1.165, 1.54) is 16.7 Å². The van der Waals surface area contributed by atoms with Crippen molar-refractivity contribution in [3.05, 3.63) is 65.0 Å². The van der Waals surface area contributed by atoms with Crippen molar-refractivity contribution >= 4 is 0 Å². The van der Waals surface area contributed by atoms with E-state index in [2.05, 4.69) is 53.6 Å². The van der Waals surface area contributed by atoms with Crippen molar-refractivity contribution in [1.82, 2.24) is 10.3 Å². The van der Waals surface area contributed by atoms with Gasteiger partial charge < -0.3 is 5.32 Å². The van der Waals surface area contributed by atoms with Gasteiger partial charge >= 0.3 is 0 Å². The van der Waals surface area contributed by atoms with Gasteiger partial charge in [-0.1, -0.05) is 30.3 Å². The van der Waals surface area contributed by atoms with Crippen molar-refractivity contribution in [2.75, 3.05) is 7.05 Å². The molecule has 0 saturated heterocycles. The van der Waals surface area contributed by atoms with Crippen molar-refractivity contribution in [1.29, 1.82) is 0 Å². The highest BCUT2D eigenvalue weighted by Crippen LogP contribution is 2.23. The summed E-state index contributed by atoms with van der Waals surface area (Å²) in [7, 11) is 1.98. The summed E-state index contributed by atoms with van der Waals surface area (Å²) >= 11 is 0. The van der Waals surface area contributed by atoms with Crippen LogP contribution in [0.4, 0.5) is 0 Å². The summed E-state index contributed by atoms with van der Waals surface area (Å²) in [6.07, 6.45) is 1.95. The zero-order valence-corrected chi connectivity index (χ0v) is 10.6. The molecule has 0 fully saturated rings. The Kier molecular flexibility index (Phi) is 3.55. The standard InChI is InChI=1S/C15H18N2/c1-11-6-4-5-7-14(11)15(16-3)13-9-8-12(2)17-10-13/h4-10,15-16H,1-3H3. The van der Waals surface area contributed by atoms with Gasteiger partial charge in [-0.3, -0.25) is 4.98 Å². The molecule has 88 valence electrons. The van der Waals surface area contributed by atoms with Crippen LogP contribution in [-0.2, 0) is 0 Å². The minimum atomic E-state index is 0.212. The predicted octanol–water partition coefficient (Wildman–Crippen LogP) is 3.01. The van der Waals surface area contributed by atoms with E-state index in [4.69, 9.17) is 0 Å². The Balaban J connectivity index is 2.40. The summed E-state index contributed by atoms with van der Waals surface area (Å²) in [5, 5.41) is 3.35. The van der Waals surface area contributed by atoms with Crippen molar-refractivity contribution in [3.63, 3.8) is 0 Å². The lowest BCUT2D eigenvalue weighted by Gasteiger charge is -2.19. The van der Waals surface area contributed by atoms with Gasteiger partial charge in [0.2, 0.25) is 0 Å². The SMILES string of the molecule is CNC(c1ccc(C)nc1)c1ccccc1C. The quantitative estimate of drug-likeness (QED) is 0.870. The van der Waals surface area contributed by atoms with E-state index in [-0.39, 0.29) is 6.04 Å². The smallest absolute Gasteiger partial charge is 0.0592 e. The number of pyridine rings is 1. The second kappa shape index (κ2) is 5.11. The number of aromatic nitrogens is 1. The van der Waals surface area contributed by atoms with Gasteiger partial charge in [0.15, 0.2) is 0 Å². The van der Waals surface area contributed by atoms with Crippen LogP contribution in [0.25, 0.3) is 0 Å². The predicted molar refractivity (Wildman–Crippen MR) is 71.1 cm³/mol. The minimum absolute atomic E-state index is 0.212. The molecule has 0 radical (unpaired) electrons. The Morgan fingerprint density at radius 3 is 2.41 bits per heavy atom. The molecule has 1 aromatic heterocycles. The van der Waals surface area contributed by atoms with E-state index in [0.29, 0.717) is 0 Å². The van der Waals surface area contributed by atoms with E-state index in [1.807, 2.05) is 20.2 Å². The molecular weight excluding hydrogens is 208 g/mol. The van der Waals surface area contributed by atoms with Crippen LogP contribution in [0.15, 0.2) is 42.6 Å². The largest absolute Gasteiger partial charge is 0.309 e. The highest BCUT2D eigenvalue weighted by Gasteiger charge is 2.13. The van der Waals surface area contributed by atoms with Crippen LogP contribution in [0.2, 0.25) is 0 Å². The van der Waals surface area contributed by atoms with E-state index >= 15 is 0 Å². The molecule has 1 aromatic carbocycles. The first-order chi connectivity index (χ1) is 8.22. The Labute approximate surface area is 103 Å². The number of benzene rings is 1. The third-order valence-corrected chi connectivity index (χ3v) is 3.06. The molecule has 0 spiro atoms. The number of nitrogens with zero attached hydrogens (tertiary/aromatic N) is 1. The second-order valence-corrected chi connectivity index (χ2v) is 4.31. The van der Waals surface area contributed by atoms with Gasteiger partial charge in [0, 0.05) is 11.9 Å². The van der Waals surface area contributed by atoms with Gasteiger partial charge in [0.1, 0.15) is 0 Å². The number of hydrogen-bond acceptors (Lipinski definition) is 2. The number of nitrogens with one attached hydrogen (secondary N) is 1. The lowest BCUT2D eigenvalue weighted by Crippen LogP contribution is -2.18. The van der Waals surface area contributed by atoms with Crippen molar-refractivity contribution in [2.45, 2.75) is 19.9 Å². The monoisotopic (exact) mass is 226 g/mol. The molecule has 1 heterocycles. The molecule has 2 heteroatoms. The van der Waals surface area contributed by atoms with Crippen LogP contribution in [0, 0.1) is 13.8 Å². The number of hydrogen-bond donors (Lipinski definition) is 1. The normalized spacial score (nSPS) is 12.4. The Morgan fingerprint density at radius 1 is 1.06 bits per heavy atom. The fraction of sp³-hybridized carbons (Fsp3) is 0.267. The topological polar surface area (TPSA) is 24.9 Å². The molecular formula is C15H18N2. The molecule has 2 aromatic rings. The van der Waals surface area contributed by atoms with Crippen LogP contribution < -0.4 is 5.32 Å². The molecule has 2 nitrogen and oxygen atoms in total. The summed E-state index contributed by atoms with van der Waals surface area (Å²) in [4.78, 5) is 4.36. The number of aryl methyl sites for hydroxylation is 2. The molecule has 2 rings (SSSR count). The third-order valence-electron chi connectivity index (χ3n) is 3.06. The molecule has 1 atom stereocenters. The van der Waals surface area contributed by atoms with Gasteiger partial charge in [-0.25, -0.2) is 0 Å². The van der Waals surface area contributed by atoms with Gasteiger partial charge in [-0.05, 0) is 43.7 Å². The van der Waals surface area contributed by atoms with Crippen LogP contribution in [-0.4, -0.2) is 12.0 Å². The highest BCUT2D eigenvalue weighted by molar-refractivity contribution is 5.35. The first-order valence-corrected chi connectivity index (χ1v) is 5.87. The molecule has 0 aliphatic heterocycles. The zero-order chi connectivity index (χ0) is 12.3. The Morgan fingerprint density at radius 2 is 1.82 bits per heavy atom. The highest BCUT2D eigenvalue weighted by atomic mass is 14.9. The fourth-order valence-electron chi connectivity index (χ4n) is 2.06. The summed E-state index contributed by atoms with van der Waals surface area (Å²) in [6.45, 7) is 4.15. The molecule has 0 aliphatic rings. The van der Waals surface area contributed by atoms with Crippen LogP contribution >= 0.6 is 0 Å². The summed E-state index contributed by atoms with van der Waals surface area (Å²) in [5.74, 6) is 0. The minimum Gasteiger partial charge on any atom is -0.309 e. The maximum Gasteiger partial charge on any atom is 0.0592 e. The molecule has 0 saturated carbocycles. The van der Waals surface area contributed by atoms with E-state index in [1.54, 1.807) is 0 Å². The second-order valence-electron chi connectivity index (χ2n) is 4.31. The van der Waals surface area contributed by atoms with E-state index < -0.39 is 0 Å². The van der Waals surface area contributed by atoms with Crippen LogP contribution in [0.5, 0.6) is 0 Å². The van der Waals surface area contributed by atoms with E-state index in [9.17, 15) is 0 Å². The summed E-state index contributed by atoms with van der Waals surface area (Å²) < 4.78 is 0. The first kappa shape index (κ1) is 11.8. The average molecular weight is 226 g/mol. The van der Waals surface area contributed by atoms with Gasteiger partial charge in [-0.2, -0.15) is 0 Å². The zero-order valence-electron chi connectivity index (χ0n) is 10.6. The van der Waals surface area contributed by atoms with Gasteiger partial charge in [0.25, 0.3) is 0 Å². The molecule has 1 unspecified atom stereocenters. The van der Waals surface area contributed by atoms with Crippen LogP contribution in [0.1, 0.15) is 28.4 Å². The lowest BCUT2D eigenvalue weighted by atomic mass is 9.96. The van der Waals surface area contributed by atoms with Gasteiger partial charge in [0.05, 0.1) is 6.04 Å². The molecule has 0 aliphatic carbocycles. The van der Waals surface area contributed by atoms with Crippen molar-refractivity contribution < 1.29 is 0 Å². The molecule has 17 heavy (non-hydrogen) atoms. The van der Waals surface area contributed by atoms with E-state index in [0.717, 1.165) is 5.69 Å². The Hall–Kier alpha value is -1.67. The molecule has 0 bridgehead atoms. The maximum absolute atomic E-state index is 4.36. The maximum atomic E-state index is 4.36. The summed E-state index contributed by atoms with van der Waals surface area (Å²) in [6, 6.07) is 12.8. The van der Waals surface area contributed by atoms with Crippen LogP contribution in [0.3, 0.4) is 0 Å². The van der Waals surface area contributed by atoms with Crippen molar-refractivity contribution in [3.8, 4) is 0 Å². The first-order valence-electron chi connectivity index (χ1n) is 5.87. The third kappa shape index (κ3) is 2.53. The average Bonchev–Trinajstić information content (AvgIpc) is 2.35. The summed E-state index contributed by atoms with van der Waals surface area (Å²) in [5.41, 5.74) is 4.86. The number of rotatable bonds is 3. The Bertz CT molecular complexity index is 489. The molecule has 1 N–H and O–H groups in total. The molecule has 0 amide bonds. The van der Waals surface area contributed by atoms with Crippen molar-refractivity contribution in [2.24, 2.45) is 0 Å². The van der Waals surface area contributed by atoms with Gasteiger partial charge in [-0.15, -0.1) is 0 Å². The lowest BCUT2D eigenvalue weighted by molar-refractivity contribution is 0.684.